The number of hydrogen-bond donors (Lipinski definition) is 0. The van der Waals surface area contributed by atoms with Gasteiger partial charge in [0.15, 0.2) is 9.84 Å². The summed E-state index contributed by atoms with van der Waals surface area (Å²) in [4.78, 5) is 0. The molecular formula is C13H21BrN2O2S. The van der Waals surface area contributed by atoms with Gasteiger partial charge in [-0.25, -0.2) is 8.42 Å². The fourth-order valence-corrected chi connectivity index (χ4v) is 4.94. The summed E-state index contributed by atoms with van der Waals surface area (Å²) < 4.78 is 26.6. The summed E-state index contributed by atoms with van der Waals surface area (Å²) in [5.74, 6) is 1.01. The molecule has 1 saturated carbocycles. The second-order valence-corrected chi connectivity index (χ2v) is 8.44. The van der Waals surface area contributed by atoms with Crippen molar-refractivity contribution in [2.45, 2.75) is 44.3 Å². The molecule has 1 fully saturated rings. The van der Waals surface area contributed by atoms with Crippen LogP contribution in [-0.2, 0) is 22.6 Å². The van der Waals surface area contributed by atoms with Gasteiger partial charge in [0, 0.05) is 18.8 Å². The van der Waals surface area contributed by atoms with Crippen LogP contribution in [0.1, 0.15) is 44.1 Å². The van der Waals surface area contributed by atoms with E-state index in [9.17, 15) is 8.42 Å². The van der Waals surface area contributed by atoms with Gasteiger partial charge in [-0.05, 0) is 28.3 Å². The van der Waals surface area contributed by atoms with Crippen molar-refractivity contribution in [1.82, 2.24) is 9.78 Å². The molecule has 0 saturated heterocycles. The first-order valence-corrected chi connectivity index (χ1v) is 9.46. The summed E-state index contributed by atoms with van der Waals surface area (Å²) in [5, 5.41) is 4.11. The van der Waals surface area contributed by atoms with Crippen LogP contribution in [0.4, 0.5) is 0 Å². The zero-order valence-corrected chi connectivity index (χ0v) is 13.7. The highest BCUT2D eigenvalue weighted by Crippen LogP contribution is 2.27. The predicted molar refractivity (Wildman–Crippen MR) is 79.6 cm³/mol. The molecule has 19 heavy (non-hydrogen) atoms. The van der Waals surface area contributed by atoms with Gasteiger partial charge < -0.3 is 0 Å². The molecule has 1 aliphatic rings. The number of halogens is 1. The van der Waals surface area contributed by atoms with Gasteiger partial charge in [0.1, 0.15) is 4.60 Å². The highest BCUT2D eigenvalue weighted by Gasteiger charge is 2.20. The molecule has 0 unspecified atom stereocenters. The van der Waals surface area contributed by atoms with Crippen LogP contribution < -0.4 is 0 Å². The van der Waals surface area contributed by atoms with Gasteiger partial charge in [-0.1, -0.05) is 32.1 Å². The molecule has 1 aromatic heterocycles. The standard InChI is InChI=1S/C13H21BrN2O2S/c1-16-9-12(13(14)15-16)10-19(17,18)8-7-11-5-3-2-4-6-11/h9,11H,2-8,10H2,1H3. The molecule has 1 aromatic rings. The molecule has 2 rings (SSSR count). The summed E-state index contributed by atoms with van der Waals surface area (Å²) in [5.41, 5.74) is 0.756. The smallest absolute Gasteiger partial charge is 0.154 e. The average Bonchev–Trinajstić information content (AvgIpc) is 2.66. The Kier molecular flexibility index (Phi) is 5.06. The van der Waals surface area contributed by atoms with Gasteiger partial charge in [0.05, 0.1) is 11.5 Å². The molecule has 1 aliphatic carbocycles. The van der Waals surface area contributed by atoms with Crippen LogP contribution in [0, 0.1) is 5.92 Å². The SMILES string of the molecule is Cn1cc(CS(=O)(=O)CCC2CCCCC2)c(Br)n1. The Labute approximate surface area is 123 Å². The maximum absolute atomic E-state index is 12.1. The molecule has 0 amide bonds. The topological polar surface area (TPSA) is 52.0 Å². The van der Waals surface area contributed by atoms with Crippen LogP contribution in [0.15, 0.2) is 10.8 Å². The number of aromatic nitrogens is 2. The quantitative estimate of drug-likeness (QED) is 0.821. The first-order chi connectivity index (χ1) is 8.96. The largest absolute Gasteiger partial charge is 0.274 e. The maximum Gasteiger partial charge on any atom is 0.154 e. The van der Waals surface area contributed by atoms with E-state index in [2.05, 4.69) is 21.0 Å². The lowest BCUT2D eigenvalue weighted by atomic mass is 9.88. The Morgan fingerprint density at radius 1 is 1.37 bits per heavy atom. The summed E-state index contributed by atoms with van der Waals surface area (Å²) in [6.45, 7) is 0. The highest BCUT2D eigenvalue weighted by molar-refractivity contribution is 9.10. The van der Waals surface area contributed by atoms with Crippen LogP contribution in [0.5, 0.6) is 0 Å². The zero-order valence-electron chi connectivity index (χ0n) is 11.3. The number of rotatable bonds is 5. The summed E-state index contributed by atoms with van der Waals surface area (Å²) >= 11 is 3.30. The zero-order chi connectivity index (χ0) is 13.9. The van der Waals surface area contributed by atoms with Crippen molar-refractivity contribution in [3.63, 3.8) is 0 Å². The number of aryl methyl sites for hydroxylation is 1. The van der Waals surface area contributed by atoms with E-state index in [1.54, 1.807) is 17.9 Å². The lowest BCUT2D eigenvalue weighted by molar-refractivity contribution is 0.350. The molecular weight excluding hydrogens is 328 g/mol. The van der Waals surface area contributed by atoms with Gasteiger partial charge in [0.25, 0.3) is 0 Å². The van der Waals surface area contributed by atoms with Crippen LogP contribution in [0.25, 0.3) is 0 Å². The van der Waals surface area contributed by atoms with Gasteiger partial charge in [-0.15, -0.1) is 0 Å². The molecule has 6 heteroatoms. The normalized spacial score (nSPS) is 17.8. The Balaban J connectivity index is 1.89. The van der Waals surface area contributed by atoms with Crippen molar-refractivity contribution < 1.29 is 8.42 Å². The Bertz CT molecular complexity index is 519. The van der Waals surface area contributed by atoms with E-state index in [0.29, 0.717) is 16.3 Å². The fourth-order valence-electron chi connectivity index (χ4n) is 2.74. The minimum absolute atomic E-state index is 0.0914. The fraction of sp³-hybridized carbons (Fsp3) is 0.769. The van der Waals surface area contributed by atoms with Crippen molar-refractivity contribution in [1.29, 1.82) is 0 Å². The van der Waals surface area contributed by atoms with Gasteiger partial charge in [0.2, 0.25) is 0 Å². The predicted octanol–water partition coefficient (Wildman–Crippen LogP) is 3.07. The van der Waals surface area contributed by atoms with E-state index in [4.69, 9.17) is 0 Å². The molecule has 0 N–H and O–H groups in total. The molecule has 0 bridgehead atoms. The molecule has 0 aliphatic heterocycles. The Hall–Kier alpha value is -0.360. The third-order valence-electron chi connectivity index (χ3n) is 3.79. The van der Waals surface area contributed by atoms with Gasteiger partial charge in [-0.3, -0.25) is 4.68 Å². The van der Waals surface area contributed by atoms with E-state index < -0.39 is 9.84 Å². The first kappa shape index (κ1) is 15.0. The van der Waals surface area contributed by atoms with E-state index in [1.165, 1.54) is 32.1 Å². The van der Waals surface area contributed by atoms with Crippen LogP contribution in [0.2, 0.25) is 0 Å². The molecule has 0 atom stereocenters. The van der Waals surface area contributed by atoms with E-state index in [-0.39, 0.29) is 5.75 Å². The van der Waals surface area contributed by atoms with Crippen molar-refractivity contribution in [3.05, 3.63) is 16.4 Å². The van der Waals surface area contributed by atoms with Gasteiger partial charge in [-0.2, -0.15) is 5.10 Å². The number of hydrogen-bond acceptors (Lipinski definition) is 3. The van der Waals surface area contributed by atoms with E-state index >= 15 is 0 Å². The molecule has 0 spiro atoms. The third-order valence-corrected chi connectivity index (χ3v) is 6.07. The minimum atomic E-state index is -3.03. The lowest BCUT2D eigenvalue weighted by Gasteiger charge is -2.21. The van der Waals surface area contributed by atoms with E-state index in [0.717, 1.165) is 12.0 Å². The highest BCUT2D eigenvalue weighted by atomic mass is 79.9. The maximum atomic E-state index is 12.1. The third kappa shape index (κ3) is 4.60. The minimum Gasteiger partial charge on any atom is -0.274 e. The van der Waals surface area contributed by atoms with Crippen LogP contribution in [-0.4, -0.2) is 24.0 Å². The molecule has 1 heterocycles. The number of nitrogens with zero attached hydrogens (tertiary/aromatic N) is 2. The molecule has 0 radical (unpaired) electrons. The monoisotopic (exact) mass is 348 g/mol. The lowest BCUT2D eigenvalue weighted by Crippen LogP contribution is -2.15. The van der Waals surface area contributed by atoms with Gasteiger partial charge >= 0.3 is 0 Å². The van der Waals surface area contributed by atoms with Crippen molar-refractivity contribution >= 4 is 25.8 Å². The second kappa shape index (κ2) is 6.39. The van der Waals surface area contributed by atoms with Crippen LogP contribution >= 0.6 is 15.9 Å². The second-order valence-electron chi connectivity index (χ2n) is 5.50. The van der Waals surface area contributed by atoms with Crippen LogP contribution in [0.3, 0.4) is 0 Å². The molecule has 108 valence electrons. The van der Waals surface area contributed by atoms with Crippen molar-refractivity contribution in [2.75, 3.05) is 5.75 Å². The summed E-state index contributed by atoms with van der Waals surface area (Å²) in [6, 6.07) is 0. The van der Waals surface area contributed by atoms with Crippen molar-refractivity contribution in [3.8, 4) is 0 Å². The molecule has 4 nitrogen and oxygen atoms in total. The van der Waals surface area contributed by atoms with Crippen molar-refractivity contribution in [2.24, 2.45) is 13.0 Å². The van der Waals surface area contributed by atoms with E-state index in [1.807, 2.05) is 0 Å². The molecule has 0 aromatic carbocycles. The summed E-state index contributed by atoms with van der Waals surface area (Å²) in [7, 11) is -1.23. The summed E-state index contributed by atoms with van der Waals surface area (Å²) in [6.07, 6.45) is 8.82. The number of sulfone groups is 1. The average molecular weight is 349 g/mol. The Morgan fingerprint density at radius 3 is 2.63 bits per heavy atom. The Morgan fingerprint density at radius 2 is 2.05 bits per heavy atom. The first-order valence-electron chi connectivity index (χ1n) is 6.85.